The number of fused-ring (bicyclic) bond motifs is 1. The summed E-state index contributed by atoms with van der Waals surface area (Å²) in [7, 11) is 0. The third kappa shape index (κ3) is 5.50. The van der Waals surface area contributed by atoms with Gasteiger partial charge in [0.15, 0.2) is 11.5 Å². The Kier molecular flexibility index (Phi) is 7.43. The minimum Gasteiger partial charge on any atom is -0.490 e. The summed E-state index contributed by atoms with van der Waals surface area (Å²) < 4.78 is 12.7. The molecule has 1 N–H and O–H groups in total. The zero-order chi connectivity index (χ0) is 22.4. The smallest absolute Gasteiger partial charge is 0.281 e. The molecule has 1 aromatic heterocycles. The van der Waals surface area contributed by atoms with Crippen LogP contribution < -0.4 is 14.9 Å². The number of nitro benzene ring substituents is 1. The predicted molar refractivity (Wildman–Crippen MR) is 128 cm³/mol. The lowest BCUT2D eigenvalue weighted by molar-refractivity contribution is -0.384. The zero-order valence-electron chi connectivity index (χ0n) is 16.3. The number of nitrogens with one attached hydrogen (secondary N) is 1. The maximum absolute atomic E-state index is 12.4. The van der Waals surface area contributed by atoms with Crippen LogP contribution in [-0.4, -0.2) is 30.3 Å². The number of benzene rings is 2. The van der Waals surface area contributed by atoms with Crippen LogP contribution in [0.15, 0.2) is 41.5 Å². The number of carbonyl (C=O) groups excluding carboxylic acids is 1. The van der Waals surface area contributed by atoms with E-state index in [1.165, 1.54) is 29.7 Å². The van der Waals surface area contributed by atoms with Crippen molar-refractivity contribution in [3.8, 4) is 23.8 Å². The van der Waals surface area contributed by atoms with Crippen molar-refractivity contribution >= 4 is 61.8 Å². The lowest BCUT2D eigenvalue weighted by atomic mass is 10.2. The van der Waals surface area contributed by atoms with Gasteiger partial charge in [-0.15, -0.1) is 17.8 Å². The number of thiophene rings is 1. The molecule has 0 fully saturated rings. The van der Waals surface area contributed by atoms with Gasteiger partial charge in [0.05, 0.1) is 26.2 Å². The first kappa shape index (κ1) is 22.5. The number of terminal acetylenes is 1. The summed E-state index contributed by atoms with van der Waals surface area (Å²) in [5.41, 5.74) is 3.15. The Morgan fingerprint density at radius 3 is 2.87 bits per heavy atom. The van der Waals surface area contributed by atoms with Gasteiger partial charge in [-0.3, -0.25) is 14.9 Å². The van der Waals surface area contributed by atoms with Gasteiger partial charge in [0.2, 0.25) is 0 Å². The highest BCUT2D eigenvalue weighted by atomic mass is 127. The Morgan fingerprint density at radius 1 is 1.35 bits per heavy atom. The van der Waals surface area contributed by atoms with E-state index in [0.717, 1.165) is 8.27 Å². The molecule has 0 aliphatic heterocycles. The highest BCUT2D eigenvalue weighted by Crippen LogP contribution is 2.34. The van der Waals surface area contributed by atoms with Crippen molar-refractivity contribution in [3.63, 3.8) is 0 Å². The number of halogens is 1. The van der Waals surface area contributed by atoms with E-state index in [0.29, 0.717) is 33.9 Å². The molecule has 0 saturated carbocycles. The standard InChI is InChI=1S/C21H16IN3O5S/c1-3-7-30-20-16(22)8-13(9-17(20)29-4-2)12-23-24-21(26)19-11-14-10-15(25(27)28)5-6-18(14)31-19/h1,5-6,8-12H,4,7H2,2H3,(H,24,26)/b23-12-. The van der Waals surface area contributed by atoms with Gasteiger partial charge in [-0.2, -0.15) is 5.10 Å². The van der Waals surface area contributed by atoms with Crippen LogP contribution in [0, 0.1) is 26.0 Å². The van der Waals surface area contributed by atoms with Crippen molar-refractivity contribution in [3.05, 3.63) is 60.5 Å². The molecule has 0 atom stereocenters. The van der Waals surface area contributed by atoms with Gasteiger partial charge >= 0.3 is 0 Å². The average molecular weight is 549 g/mol. The maximum atomic E-state index is 12.4. The van der Waals surface area contributed by atoms with Crippen LogP contribution in [0.25, 0.3) is 10.1 Å². The van der Waals surface area contributed by atoms with Crippen molar-refractivity contribution in [2.24, 2.45) is 5.10 Å². The first-order chi connectivity index (χ1) is 14.9. The topological polar surface area (TPSA) is 103 Å². The van der Waals surface area contributed by atoms with Crippen LogP contribution in [0.5, 0.6) is 11.5 Å². The molecule has 3 aromatic rings. The van der Waals surface area contributed by atoms with Gasteiger partial charge in [-0.05, 0) is 59.3 Å². The summed E-state index contributed by atoms with van der Waals surface area (Å²) in [4.78, 5) is 23.3. The average Bonchev–Trinajstić information content (AvgIpc) is 3.17. The van der Waals surface area contributed by atoms with E-state index in [-0.39, 0.29) is 12.3 Å². The third-order valence-electron chi connectivity index (χ3n) is 3.95. The highest BCUT2D eigenvalue weighted by Gasteiger charge is 2.14. The largest absolute Gasteiger partial charge is 0.490 e. The zero-order valence-corrected chi connectivity index (χ0v) is 19.2. The van der Waals surface area contributed by atoms with Gasteiger partial charge in [0.25, 0.3) is 11.6 Å². The fourth-order valence-electron chi connectivity index (χ4n) is 2.66. The molecule has 31 heavy (non-hydrogen) atoms. The van der Waals surface area contributed by atoms with Crippen molar-refractivity contribution in [1.82, 2.24) is 5.43 Å². The van der Waals surface area contributed by atoms with Gasteiger partial charge < -0.3 is 9.47 Å². The van der Waals surface area contributed by atoms with Crippen LogP contribution in [0.4, 0.5) is 5.69 Å². The normalized spacial score (nSPS) is 10.7. The summed E-state index contributed by atoms with van der Waals surface area (Å²) in [6.45, 7) is 2.43. The monoisotopic (exact) mass is 549 g/mol. The Balaban J connectivity index is 1.75. The van der Waals surface area contributed by atoms with E-state index in [4.69, 9.17) is 15.9 Å². The van der Waals surface area contributed by atoms with Crippen molar-refractivity contribution in [1.29, 1.82) is 0 Å². The molecule has 158 valence electrons. The van der Waals surface area contributed by atoms with E-state index >= 15 is 0 Å². The van der Waals surface area contributed by atoms with Crippen molar-refractivity contribution < 1.29 is 19.2 Å². The molecule has 1 amide bonds. The molecule has 8 nitrogen and oxygen atoms in total. The van der Waals surface area contributed by atoms with Crippen LogP contribution in [0.2, 0.25) is 0 Å². The molecule has 0 spiro atoms. The first-order valence-electron chi connectivity index (χ1n) is 8.97. The van der Waals surface area contributed by atoms with E-state index in [9.17, 15) is 14.9 Å². The molecule has 0 bridgehead atoms. The fraction of sp³-hybridized carbons (Fsp3) is 0.143. The number of non-ortho nitro benzene ring substituents is 1. The second-order valence-electron chi connectivity index (χ2n) is 6.04. The molecule has 3 rings (SSSR count). The Morgan fingerprint density at radius 2 is 2.16 bits per heavy atom. The predicted octanol–water partition coefficient (Wildman–Crippen LogP) is 4.59. The number of carbonyl (C=O) groups is 1. The lowest BCUT2D eigenvalue weighted by Crippen LogP contribution is -2.16. The molecular weight excluding hydrogens is 533 g/mol. The minimum atomic E-state index is -0.470. The number of amides is 1. The summed E-state index contributed by atoms with van der Waals surface area (Å²) in [6.07, 6.45) is 6.75. The van der Waals surface area contributed by atoms with E-state index in [1.54, 1.807) is 18.2 Å². The Bertz CT molecular complexity index is 1220. The van der Waals surface area contributed by atoms with Crippen LogP contribution >= 0.6 is 33.9 Å². The molecule has 0 saturated heterocycles. The molecule has 0 unspecified atom stereocenters. The number of rotatable bonds is 8. The molecule has 10 heteroatoms. The number of hydrazone groups is 1. The van der Waals surface area contributed by atoms with Gasteiger partial charge in [0, 0.05) is 22.2 Å². The Hall–Kier alpha value is -3.17. The number of nitrogens with zero attached hydrogens (tertiary/aromatic N) is 2. The summed E-state index contributed by atoms with van der Waals surface area (Å²) >= 11 is 3.34. The van der Waals surface area contributed by atoms with Gasteiger partial charge in [0.1, 0.15) is 6.61 Å². The van der Waals surface area contributed by atoms with E-state index < -0.39 is 10.8 Å². The summed E-state index contributed by atoms with van der Waals surface area (Å²) in [5.74, 6) is 3.10. The second-order valence-corrected chi connectivity index (χ2v) is 8.29. The fourth-order valence-corrected chi connectivity index (χ4v) is 4.37. The molecule has 2 aromatic carbocycles. The minimum absolute atomic E-state index is 0.0235. The van der Waals surface area contributed by atoms with Crippen molar-refractivity contribution in [2.45, 2.75) is 6.92 Å². The second kappa shape index (κ2) is 10.2. The van der Waals surface area contributed by atoms with E-state index in [2.05, 4.69) is 39.0 Å². The number of hydrogen-bond donors (Lipinski definition) is 1. The van der Waals surface area contributed by atoms with Crippen LogP contribution in [0.1, 0.15) is 22.2 Å². The summed E-state index contributed by atoms with van der Waals surface area (Å²) in [6, 6.07) is 9.64. The highest BCUT2D eigenvalue weighted by molar-refractivity contribution is 14.1. The lowest BCUT2D eigenvalue weighted by Gasteiger charge is -2.13. The van der Waals surface area contributed by atoms with Gasteiger partial charge in [-0.25, -0.2) is 5.43 Å². The SMILES string of the molecule is C#CCOc1c(I)cc(/C=N\NC(=O)c2cc3cc([N+](=O)[O-])ccc3s2)cc1OCC. The molecular formula is C21H16IN3O5S. The van der Waals surface area contributed by atoms with E-state index in [1.807, 2.05) is 13.0 Å². The molecule has 0 aliphatic carbocycles. The molecule has 1 heterocycles. The molecule has 0 aliphatic rings. The number of nitro groups is 1. The van der Waals surface area contributed by atoms with Crippen LogP contribution in [0.3, 0.4) is 0 Å². The first-order valence-corrected chi connectivity index (χ1v) is 10.9. The van der Waals surface area contributed by atoms with Crippen LogP contribution in [-0.2, 0) is 0 Å². The maximum Gasteiger partial charge on any atom is 0.281 e. The van der Waals surface area contributed by atoms with Crippen molar-refractivity contribution in [2.75, 3.05) is 13.2 Å². The van der Waals surface area contributed by atoms with Gasteiger partial charge in [-0.1, -0.05) is 5.92 Å². The molecule has 0 radical (unpaired) electrons. The summed E-state index contributed by atoms with van der Waals surface area (Å²) in [5, 5.41) is 15.5. The quantitative estimate of drug-likeness (QED) is 0.146. The Labute approximate surface area is 195 Å². The number of hydrogen-bond acceptors (Lipinski definition) is 7. The number of ether oxygens (including phenoxy) is 2. The third-order valence-corrected chi connectivity index (χ3v) is 5.86.